The number of nitrogens with zero attached hydrogens (tertiary/aromatic N) is 1. The first kappa shape index (κ1) is 15.1. The molecule has 0 unspecified atom stereocenters. The third-order valence-corrected chi connectivity index (χ3v) is 3.72. The summed E-state index contributed by atoms with van der Waals surface area (Å²) in [6, 6.07) is 5.01. The zero-order chi connectivity index (χ0) is 14.5. The Kier molecular flexibility index (Phi) is 5.20. The predicted octanol–water partition coefficient (Wildman–Crippen LogP) is 2.37. The molecule has 0 atom stereocenters. The fourth-order valence-corrected chi connectivity index (χ4v) is 2.52. The van der Waals surface area contributed by atoms with E-state index in [2.05, 4.69) is 0 Å². The first-order valence-electron chi connectivity index (χ1n) is 6.58. The van der Waals surface area contributed by atoms with Crippen LogP contribution in [0.4, 0.5) is 0 Å². The van der Waals surface area contributed by atoms with Crippen LogP contribution < -0.4 is 10.5 Å². The van der Waals surface area contributed by atoms with Crippen LogP contribution >= 0.6 is 23.8 Å². The Morgan fingerprint density at radius 1 is 1.35 bits per heavy atom. The molecular formula is C14H17ClN2O2S. The van der Waals surface area contributed by atoms with Crippen LogP contribution in [0.2, 0.25) is 5.02 Å². The van der Waals surface area contributed by atoms with Crippen molar-refractivity contribution in [1.29, 1.82) is 0 Å². The van der Waals surface area contributed by atoms with E-state index >= 15 is 0 Å². The molecule has 0 radical (unpaired) electrons. The van der Waals surface area contributed by atoms with Crippen molar-refractivity contribution in [1.82, 2.24) is 4.90 Å². The lowest BCUT2D eigenvalue weighted by Crippen LogP contribution is -2.38. The highest BCUT2D eigenvalue weighted by atomic mass is 35.5. The van der Waals surface area contributed by atoms with Crippen molar-refractivity contribution >= 4 is 34.7 Å². The van der Waals surface area contributed by atoms with Crippen LogP contribution in [-0.2, 0) is 4.79 Å². The van der Waals surface area contributed by atoms with Crippen LogP contribution in [0.15, 0.2) is 18.2 Å². The normalized spacial score (nSPS) is 14.9. The van der Waals surface area contributed by atoms with E-state index in [1.807, 2.05) is 4.90 Å². The van der Waals surface area contributed by atoms with Gasteiger partial charge < -0.3 is 15.4 Å². The number of carbonyl (C=O) groups excluding carboxylic acids is 1. The molecule has 20 heavy (non-hydrogen) atoms. The van der Waals surface area contributed by atoms with Crippen LogP contribution in [0.5, 0.6) is 5.75 Å². The lowest BCUT2D eigenvalue weighted by Gasteiger charge is -2.26. The molecule has 0 aromatic heterocycles. The number of hydrogen-bond donors (Lipinski definition) is 1. The molecule has 0 saturated carbocycles. The maximum atomic E-state index is 12.0. The smallest absolute Gasteiger partial charge is 0.260 e. The van der Waals surface area contributed by atoms with Gasteiger partial charge in [-0.15, -0.1) is 0 Å². The summed E-state index contributed by atoms with van der Waals surface area (Å²) in [6.45, 7) is 1.59. The number of amides is 1. The Balaban J connectivity index is 2.01. The maximum Gasteiger partial charge on any atom is 0.260 e. The molecular weight excluding hydrogens is 296 g/mol. The molecule has 6 heteroatoms. The van der Waals surface area contributed by atoms with E-state index < -0.39 is 0 Å². The van der Waals surface area contributed by atoms with Gasteiger partial charge in [-0.2, -0.15) is 0 Å². The topological polar surface area (TPSA) is 55.6 Å². The third kappa shape index (κ3) is 3.84. The SMILES string of the molecule is NC(=S)c1ccc(Cl)cc1OCC(=O)N1CCCCC1. The molecule has 1 aliphatic rings. The summed E-state index contributed by atoms with van der Waals surface area (Å²) in [5.74, 6) is 0.439. The van der Waals surface area contributed by atoms with Gasteiger partial charge in [0, 0.05) is 18.1 Å². The lowest BCUT2D eigenvalue weighted by molar-refractivity contribution is -0.134. The van der Waals surface area contributed by atoms with E-state index in [4.69, 9.17) is 34.3 Å². The van der Waals surface area contributed by atoms with Crippen molar-refractivity contribution in [3.05, 3.63) is 28.8 Å². The Bertz CT molecular complexity index is 516. The van der Waals surface area contributed by atoms with Crippen LogP contribution in [0, 0.1) is 0 Å². The van der Waals surface area contributed by atoms with Gasteiger partial charge in [-0.1, -0.05) is 23.8 Å². The number of carbonyl (C=O) groups is 1. The van der Waals surface area contributed by atoms with Gasteiger partial charge in [-0.05, 0) is 37.5 Å². The van der Waals surface area contributed by atoms with E-state index in [1.165, 1.54) is 6.42 Å². The number of hydrogen-bond acceptors (Lipinski definition) is 3. The molecule has 1 saturated heterocycles. The number of thiocarbonyl (C=S) groups is 1. The molecule has 0 aliphatic carbocycles. The zero-order valence-corrected chi connectivity index (χ0v) is 12.7. The number of piperidine rings is 1. The Morgan fingerprint density at radius 2 is 2.05 bits per heavy atom. The predicted molar refractivity (Wildman–Crippen MR) is 83.3 cm³/mol. The molecule has 1 aromatic rings. The highest BCUT2D eigenvalue weighted by Gasteiger charge is 2.17. The van der Waals surface area contributed by atoms with E-state index in [1.54, 1.807) is 18.2 Å². The minimum absolute atomic E-state index is 0.0152. The highest BCUT2D eigenvalue weighted by molar-refractivity contribution is 7.80. The molecule has 1 fully saturated rings. The van der Waals surface area contributed by atoms with E-state index in [0.717, 1.165) is 25.9 Å². The van der Waals surface area contributed by atoms with Gasteiger partial charge in [-0.25, -0.2) is 0 Å². The second kappa shape index (κ2) is 6.90. The van der Waals surface area contributed by atoms with Crippen LogP contribution in [0.3, 0.4) is 0 Å². The van der Waals surface area contributed by atoms with Gasteiger partial charge in [-0.3, -0.25) is 4.79 Å². The van der Waals surface area contributed by atoms with Crippen LogP contribution in [-0.4, -0.2) is 35.5 Å². The number of rotatable bonds is 4. The van der Waals surface area contributed by atoms with Gasteiger partial charge in [0.15, 0.2) is 6.61 Å². The number of ether oxygens (including phenoxy) is 1. The highest BCUT2D eigenvalue weighted by Crippen LogP contribution is 2.23. The Morgan fingerprint density at radius 3 is 2.70 bits per heavy atom. The number of nitrogens with two attached hydrogens (primary N) is 1. The molecule has 0 bridgehead atoms. The lowest BCUT2D eigenvalue weighted by atomic mass is 10.1. The van der Waals surface area contributed by atoms with Gasteiger partial charge in [0.1, 0.15) is 10.7 Å². The second-order valence-corrected chi connectivity index (χ2v) is 5.61. The van der Waals surface area contributed by atoms with Gasteiger partial charge >= 0.3 is 0 Å². The first-order chi connectivity index (χ1) is 9.58. The number of benzene rings is 1. The van der Waals surface area contributed by atoms with Crippen molar-refractivity contribution in [2.45, 2.75) is 19.3 Å². The minimum atomic E-state index is -0.0179. The summed E-state index contributed by atoms with van der Waals surface area (Å²) in [5.41, 5.74) is 6.22. The van der Waals surface area contributed by atoms with Gasteiger partial charge in [0.25, 0.3) is 5.91 Å². The Hall–Kier alpha value is -1.33. The number of halogens is 1. The standard InChI is InChI=1S/C14H17ClN2O2S/c15-10-4-5-11(14(16)20)12(8-10)19-9-13(18)17-6-2-1-3-7-17/h4-5,8H,1-3,6-7,9H2,(H2,16,20). The molecule has 1 amide bonds. The second-order valence-electron chi connectivity index (χ2n) is 4.73. The first-order valence-corrected chi connectivity index (χ1v) is 7.36. The van der Waals surface area contributed by atoms with Crippen molar-refractivity contribution in [3.8, 4) is 5.75 Å². The zero-order valence-electron chi connectivity index (χ0n) is 11.1. The average molecular weight is 313 g/mol. The van der Waals surface area contributed by atoms with Crippen LogP contribution in [0.1, 0.15) is 24.8 Å². The van der Waals surface area contributed by atoms with E-state index in [0.29, 0.717) is 16.3 Å². The quantitative estimate of drug-likeness (QED) is 0.867. The molecule has 2 N–H and O–H groups in total. The molecule has 2 rings (SSSR count). The molecule has 0 spiro atoms. The molecule has 1 aromatic carbocycles. The van der Waals surface area contributed by atoms with Gasteiger partial charge in [0.05, 0.1) is 5.56 Å². The summed E-state index contributed by atoms with van der Waals surface area (Å²) in [6.07, 6.45) is 3.30. The molecule has 4 nitrogen and oxygen atoms in total. The Labute approximate surface area is 128 Å². The molecule has 1 heterocycles. The molecule has 1 aliphatic heterocycles. The summed E-state index contributed by atoms with van der Waals surface area (Å²) < 4.78 is 5.55. The van der Waals surface area contributed by atoms with Gasteiger partial charge in [0.2, 0.25) is 0 Å². The van der Waals surface area contributed by atoms with Crippen molar-refractivity contribution in [2.24, 2.45) is 5.73 Å². The monoisotopic (exact) mass is 312 g/mol. The van der Waals surface area contributed by atoms with Crippen LogP contribution in [0.25, 0.3) is 0 Å². The fourth-order valence-electron chi connectivity index (χ4n) is 2.19. The van der Waals surface area contributed by atoms with E-state index in [-0.39, 0.29) is 17.5 Å². The summed E-state index contributed by atoms with van der Waals surface area (Å²) in [7, 11) is 0. The maximum absolute atomic E-state index is 12.0. The number of likely N-dealkylation sites (tertiary alicyclic amines) is 1. The minimum Gasteiger partial charge on any atom is -0.483 e. The third-order valence-electron chi connectivity index (χ3n) is 3.27. The fraction of sp³-hybridized carbons (Fsp3) is 0.429. The molecule has 108 valence electrons. The summed E-state index contributed by atoms with van der Waals surface area (Å²) >= 11 is 10.9. The summed E-state index contributed by atoms with van der Waals surface area (Å²) in [5, 5.41) is 0.519. The summed E-state index contributed by atoms with van der Waals surface area (Å²) in [4.78, 5) is 14.1. The largest absolute Gasteiger partial charge is 0.483 e. The van der Waals surface area contributed by atoms with Crippen molar-refractivity contribution < 1.29 is 9.53 Å². The van der Waals surface area contributed by atoms with Crippen molar-refractivity contribution in [3.63, 3.8) is 0 Å². The van der Waals surface area contributed by atoms with E-state index in [9.17, 15) is 4.79 Å². The average Bonchev–Trinajstić information content (AvgIpc) is 2.45. The van der Waals surface area contributed by atoms with Crippen molar-refractivity contribution in [2.75, 3.05) is 19.7 Å².